The van der Waals surface area contributed by atoms with Crippen molar-refractivity contribution >= 4 is 16.4 Å². The minimum absolute atomic E-state index is 0.331. The number of nitrogens with one attached hydrogen (secondary N) is 1. The molecule has 0 aliphatic carbocycles. The van der Waals surface area contributed by atoms with Crippen molar-refractivity contribution in [3.05, 3.63) is 35.9 Å². The smallest absolute Gasteiger partial charge is 0.335 e. The summed E-state index contributed by atoms with van der Waals surface area (Å²) in [5.74, 6) is -0.879. The Hall–Kier alpha value is -2.02. The van der Waals surface area contributed by atoms with Gasteiger partial charge in [-0.2, -0.15) is 0 Å². The Balaban J connectivity index is 0. The number of carboxylic acids is 1. The molecular weight excluding hydrogens is 240 g/mol. The van der Waals surface area contributed by atoms with Crippen LogP contribution in [0.15, 0.2) is 30.3 Å². The Kier molecular flexibility index (Phi) is 8.52. The third kappa shape index (κ3) is 14.5. The van der Waals surface area contributed by atoms with E-state index in [0.29, 0.717) is 5.56 Å². The van der Waals surface area contributed by atoms with Crippen LogP contribution in [0.5, 0.6) is 0 Å². The fourth-order valence-electron chi connectivity index (χ4n) is 0.581. The van der Waals surface area contributed by atoms with Crippen LogP contribution in [0.3, 0.4) is 0 Å². The number of hydrogen-bond acceptors (Lipinski definition) is 5. The monoisotopic (exact) mass is 248 g/mol. The number of nitrogens with zero attached hydrogens (tertiary/aromatic N) is 1. The van der Waals surface area contributed by atoms with Gasteiger partial charge in [-0.05, 0) is 12.1 Å². The van der Waals surface area contributed by atoms with Crippen LogP contribution < -0.4 is 5.39 Å². The quantitative estimate of drug-likeness (QED) is 0.315. The average molecular weight is 248 g/mol. The van der Waals surface area contributed by atoms with Crippen molar-refractivity contribution in [2.24, 2.45) is 0 Å². The van der Waals surface area contributed by atoms with Crippen molar-refractivity contribution in [1.82, 2.24) is 0 Å². The zero-order chi connectivity index (χ0) is 13.2. The first-order valence-electron chi connectivity index (χ1n) is 3.49. The molecule has 0 aromatic heterocycles. The molecule has 0 saturated heterocycles. The van der Waals surface area contributed by atoms with Gasteiger partial charge in [0.15, 0.2) is 0 Å². The Bertz CT molecular complexity index is 419. The van der Waals surface area contributed by atoms with Crippen molar-refractivity contribution in [3.63, 3.8) is 0 Å². The van der Waals surface area contributed by atoms with E-state index in [1.165, 1.54) is 0 Å². The first-order chi connectivity index (χ1) is 7.30. The molecule has 8 nitrogen and oxygen atoms in total. The summed E-state index contributed by atoms with van der Waals surface area (Å²) in [6.07, 6.45) is 0. The second-order valence-corrected chi connectivity index (χ2v) is 2.95. The lowest BCUT2D eigenvalue weighted by Gasteiger charge is -1.88. The molecule has 3 N–H and O–H groups in total. The highest BCUT2D eigenvalue weighted by Gasteiger charge is 1.96. The number of hydrogen-bond donors (Lipinski definition) is 3. The highest BCUT2D eigenvalue weighted by molar-refractivity contribution is 7.79. The van der Waals surface area contributed by atoms with E-state index in [4.69, 9.17) is 33.4 Å². The largest absolute Gasteiger partial charge is 0.726 e. The van der Waals surface area contributed by atoms with E-state index >= 15 is 0 Å². The molecule has 1 aromatic rings. The maximum absolute atomic E-state index is 10.2. The van der Waals surface area contributed by atoms with Crippen molar-refractivity contribution in [2.45, 2.75) is 0 Å². The molecule has 0 fully saturated rings. The second-order valence-electron chi connectivity index (χ2n) is 2.10. The third-order valence-corrected chi connectivity index (χ3v) is 1.02. The van der Waals surface area contributed by atoms with Gasteiger partial charge in [0, 0.05) is 0 Å². The van der Waals surface area contributed by atoms with Crippen LogP contribution in [0.4, 0.5) is 0 Å². The molecule has 9 heteroatoms. The van der Waals surface area contributed by atoms with Crippen molar-refractivity contribution in [1.29, 1.82) is 5.39 Å². The molecule has 1 rings (SSSR count). The lowest BCUT2D eigenvalue weighted by Crippen LogP contribution is -2.11. The summed E-state index contributed by atoms with van der Waals surface area (Å²) in [7, 11) is -4.92. The molecule has 0 atom stereocenters. The van der Waals surface area contributed by atoms with Crippen LogP contribution in [0.2, 0.25) is 0 Å². The molecule has 0 unspecified atom stereocenters. The molecule has 0 aliphatic rings. The molecule has 0 spiro atoms. The molecular formula is C7H8N2O6S. The highest BCUT2D eigenvalue weighted by atomic mass is 32.3. The third-order valence-electron chi connectivity index (χ3n) is 1.02. The minimum atomic E-state index is -4.92. The van der Waals surface area contributed by atoms with Crippen LogP contribution in [-0.2, 0) is 10.4 Å². The minimum Gasteiger partial charge on any atom is -0.726 e. The lowest BCUT2D eigenvalue weighted by atomic mass is 10.2. The maximum atomic E-state index is 10.2. The van der Waals surface area contributed by atoms with E-state index in [2.05, 4.69) is 0 Å². The zero-order valence-corrected chi connectivity index (χ0v) is 8.59. The van der Waals surface area contributed by atoms with Crippen molar-refractivity contribution < 1.29 is 32.8 Å². The summed E-state index contributed by atoms with van der Waals surface area (Å²) >= 11 is 0. The molecule has 16 heavy (non-hydrogen) atoms. The molecule has 0 radical (unpaired) electrons. The van der Waals surface area contributed by atoms with Crippen LogP contribution >= 0.6 is 0 Å². The van der Waals surface area contributed by atoms with Gasteiger partial charge in [0.25, 0.3) is 0 Å². The van der Waals surface area contributed by atoms with Gasteiger partial charge in [0.2, 0.25) is 15.8 Å². The molecule has 0 aliphatic heterocycles. The van der Waals surface area contributed by atoms with Gasteiger partial charge >= 0.3 is 5.97 Å². The number of aromatic carboxylic acids is 1. The summed E-state index contributed by atoms with van der Waals surface area (Å²) in [5, 5.41) is 19.4. The van der Waals surface area contributed by atoms with E-state index in [1.54, 1.807) is 30.3 Å². The summed E-state index contributed by atoms with van der Waals surface area (Å²) in [6.45, 7) is 0. The van der Waals surface area contributed by atoms with E-state index in [1.807, 2.05) is 0 Å². The van der Waals surface area contributed by atoms with E-state index in [-0.39, 0.29) is 0 Å². The zero-order valence-electron chi connectivity index (χ0n) is 7.77. The van der Waals surface area contributed by atoms with Gasteiger partial charge in [0.1, 0.15) is 0 Å². The number of carboxylic acid groups (broad SMARTS) is 1. The normalized spacial score (nSPS) is 8.75. The molecule has 0 heterocycles. The summed E-state index contributed by atoms with van der Waals surface area (Å²) in [4.78, 5) is 10.2. The summed E-state index contributed by atoms with van der Waals surface area (Å²) < 4.78 is 32.8. The Morgan fingerprint density at radius 3 is 1.75 bits per heavy atom. The molecule has 0 saturated carbocycles. The van der Waals surface area contributed by atoms with E-state index < -0.39 is 16.4 Å². The van der Waals surface area contributed by atoms with Crippen LogP contribution in [0.25, 0.3) is 0 Å². The van der Waals surface area contributed by atoms with Crippen molar-refractivity contribution in [2.75, 3.05) is 0 Å². The molecule has 1 aromatic carbocycles. The first-order valence-corrected chi connectivity index (χ1v) is 4.86. The number of diazo groups is 1. The Morgan fingerprint density at radius 1 is 1.25 bits per heavy atom. The number of rotatable bonds is 1. The molecule has 0 bridgehead atoms. The van der Waals surface area contributed by atoms with Gasteiger partial charge in [-0.3, -0.25) is 4.55 Å². The fraction of sp³-hybridized carbons (Fsp3) is 0. The Labute approximate surface area is 91.1 Å². The number of benzene rings is 1. The first kappa shape index (κ1) is 16.4. The summed E-state index contributed by atoms with van der Waals surface area (Å²) in [5.41, 5.74) is 0.331. The lowest BCUT2D eigenvalue weighted by molar-refractivity contribution is -0.175. The number of carbonyl (C=O) groups is 1. The van der Waals surface area contributed by atoms with Gasteiger partial charge in [-0.25, -0.2) is 13.2 Å². The van der Waals surface area contributed by atoms with E-state index in [9.17, 15) is 4.79 Å². The van der Waals surface area contributed by atoms with Crippen LogP contribution in [-0.4, -0.2) is 28.6 Å². The predicted molar refractivity (Wildman–Crippen MR) is 48.4 cm³/mol. The van der Waals surface area contributed by atoms with Crippen LogP contribution in [0.1, 0.15) is 10.4 Å². The SMILES string of the molecule is N#[NH+].O=C(O)c1ccccc1.O=S(=O)([O-])O. The van der Waals surface area contributed by atoms with Gasteiger partial charge in [-0.1, -0.05) is 18.2 Å². The van der Waals surface area contributed by atoms with Gasteiger partial charge in [-0.15, -0.1) is 0 Å². The van der Waals surface area contributed by atoms with Crippen molar-refractivity contribution in [3.8, 4) is 0 Å². The molecule has 88 valence electrons. The maximum Gasteiger partial charge on any atom is 0.335 e. The standard InChI is InChI=1S/C7H6O2.N2.H2O4S/c8-7(9)6-4-2-1-3-5-6;1-2;1-5(2,3)4/h1-5H,(H,8,9);;(H2,1,2,3,4). The second kappa shape index (κ2) is 8.30. The average Bonchev–Trinajstić information content (AvgIpc) is 2.20. The van der Waals surface area contributed by atoms with Crippen LogP contribution in [0, 0.1) is 5.39 Å². The van der Waals surface area contributed by atoms with Gasteiger partial charge in [0.05, 0.1) is 11.0 Å². The fourth-order valence-corrected chi connectivity index (χ4v) is 0.581. The topological polar surface area (TPSA) is 162 Å². The highest BCUT2D eigenvalue weighted by Crippen LogP contribution is 1.96. The summed E-state index contributed by atoms with van der Waals surface area (Å²) in [6, 6.07) is 8.30. The van der Waals surface area contributed by atoms with Gasteiger partial charge < -0.3 is 9.66 Å². The predicted octanol–water partition coefficient (Wildman–Crippen LogP) is -1.33. The molecule has 0 amide bonds. The Morgan fingerprint density at radius 2 is 1.56 bits per heavy atom. The van der Waals surface area contributed by atoms with E-state index in [0.717, 1.165) is 0 Å².